The van der Waals surface area contributed by atoms with Crippen molar-refractivity contribution in [3.63, 3.8) is 0 Å². The molecule has 0 aromatic heterocycles. The van der Waals surface area contributed by atoms with Crippen molar-refractivity contribution in [3.8, 4) is 0 Å². The maximum Gasteiger partial charge on any atom is 0.410 e. The molecule has 0 aromatic carbocycles. The third-order valence-electron chi connectivity index (χ3n) is 4.37. The minimum atomic E-state index is -0.470. The van der Waals surface area contributed by atoms with Crippen LogP contribution in [0.2, 0.25) is 0 Å². The standard InChI is InChI=1S/C17H31N3O3/c1-17(2,3)23-16(22)20-11-7-8-14(20)12-18-13-15(21)19-9-5-4-6-10-19/h14,18H,4-13H2,1-3H3. The maximum atomic E-state index is 12.2. The van der Waals surface area contributed by atoms with Crippen LogP contribution in [0.5, 0.6) is 0 Å². The van der Waals surface area contributed by atoms with Crippen molar-refractivity contribution in [2.24, 2.45) is 0 Å². The Hall–Kier alpha value is -1.30. The number of hydrogen-bond acceptors (Lipinski definition) is 4. The van der Waals surface area contributed by atoms with Gasteiger partial charge in [-0.25, -0.2) is 4.79 Å². The van der Waals surface area contributed by atoms with Gasteiger partial charge in [0.15, 0.2) is 0 Å². The Morgan fingerprint density at radius 2 is 1.78 bits per heavy atom. The summed E-state index contributed by atoms with van der Waals surface area (Å²) in [5.41, 5.74) is -0.470. The van der Waals surface area contributed by atoms with Gasteiger partial charge in [-0.15, -0.1) is 0 Å². The SMILES string of the molecule is CC(C)(C)OC(=O)N1CCCC1CNCC(=O)N1CCCCC1. The number of carbonyl (C=O) groups excluding carboxylic acids is 2. The summed E-state index contributed by atoms with van der Waals surface area (Å²) >= 11 is 0. The number of amides is 2. The molecule has 0 bridgehead atoms. The molecule has 0 aliphatic carbocycles. The molecule has 2 aliphatic heterocycles. The highest BCUT2D eigenvalue weighted by Gasteiger charge is 2.32. The lowest BCUT2D eigenvalue weighted by Crippen LogP contribution is -2.46. The van der Waals surface area contributed by atoms with E-state index >= 15 is 0 Å². The lowest BCUT2D eigenvalue weighted by Gasteiger charge is -2.29. The van der Waals surface area contributed by atoms with Gasteiger partial charge in [-0.3, -0.25) is 4.79 Å². The summed E-state index contributed by atoms with van der Waals surface area (Å²) in [5, 5.41) is 3.23. The highest BCUT2D eigenvalue weighted by Crippen LogP contribution is 2.20. The van der Waals surface area contributed by atoms with Crippen LogP contribution in [0.25, 0.3) is 0 Å². The van der Waals surface area contributed by atoms with E-state index in [9.17, 15) is 9.59 Å². The molecule has 0 saturated carbocycles. The number of carbonyl (C=O) groups is 2. The molecule has 2 heterocycles. The fourth-order valence-corrected chi connectivity index (χ4v) is 3.21. The second-order valence-electron chi connectivity index (χ2n) is 7.54. The molecule has 6 nitrogen and oxygen atoms in total. The monoisotopic (exact) mass is 325 g/mol. The third kappa shape index (κ3) is 5.68. The number of ether oxygens (including phenoxy) is 1. The van der Waals surface area contributed by atoms with Crippen LogP contribution in [0.15, 0.2) is 0 Å². The van der Waals surface area contributed by atoms with Gasteiger partial charge in [0.05, 0.1) is 6.54 Å². The molecule has 0 spiro atoms. The first-order valence-electron chi connectivity index (χ1n) is 8.85. The lowest BCUT2D eigenvalue weighted by atomic mass is 10.1. The van der Waals surface area contributed by atoms with Crippen LogP contribution in [0.4, 0.5) is 4.79 Å². The summed E-state index contributed by atoms with van der Waals surface area (Å²) in [4.78, 5) is 28.1. The average Bonchev–Trinajstić information content (AvgIpc) is 2.95. The number of piperidine rings is 1. The normalized spacial score (nSPS) is 22.3. The summed E-state index contributed by atoms with van der Waals surface area (Å²) in [6.07, 6.45) is 5.16. The predicted molar refractivity (Wildman–Crippen MR) is 89.3 cm³/mol. The Morgan fingerprint density at radius 1 is 1.09 bits per heavy atom. The summed E-state index contributed by atoms with van der Waals surface area (Å²) < 4.78 is 5.46. The topological polar surface area (TPSA) is 61.9 Å². The zero-order chi connectivity index (χ0) is 16.9. The van der Waals surface area contributed by atoms with E-state index in [0.29, 0.717) is 13.1 Å². The van der Waals surface area contributed by atoms with Gasteiger partial charge in [0.1, 0.15) is 5.60 Å². The van der Waals surface area contributed by atoms with E-state index in [1.807, 2.05) is 25.7 Å². The van der Waals surface area contributed by atoms with Gasteiger partial charge in [0.2, 0.25) is 5.91 Å². The van der Waals surface area contributed by atoms with Crippen LogP contribution in [0.1, 0.15) is 52.9 Å². The van der Waals surface area contributed by atoms with Crippen LogP contribution < -0.4 is 5.32 Å². The fourth-order valence-electron chi connectivity index (χ4n) is 3.21. The second kappa shape index (κ2) is 7.99. The van der Waals surface area contributed by atoms with Crippen molar-refractivity contribution in [2.45, 2.75) is 64.5 Å². The van der Waals surface area contributed by atoms with E-state index in [0.717, 1.165) is 45.3 Å². The van der Waals surface area contributed by atoms with E-state index in [4.69, 9.17) is 4.74 Å². The molecule has 0 radical (unpaired) electrons. The first kappa shape index (κ1) is 18.0. The van der Waals surface area contributed by atoms with Crippen LogP contribution in [-0.4, -0.2) is 66.2 Å². The van der Waals surface area contributed by atoms with Gasteiger partial charge in [-0.2, -0.15) is 0 Å². The van der Waals surface area contributed by atoms with E-state index < -0.39 is 5.60 Å². The molecular formula is C17H31N3O3. The molecule has 132 valence electrons. The molecule has 2 saturated heterocycles. The Morgan fingerprint density at radius 3 is 2.43 bits per heavy atom. The van der Waals surface area contributed by atoms with Crippen molar-refractivity contribution in [2.75, 3.05) is 32.7 Å². The summed E-state index contributed by atoms with van der Waals surface area (Å²) in [5.74, 6) is 0.173. The molecule has 6 heteroatoms. The minimum absolute atomic E-state index is 0.124. The summed E-state index contributed by atoms with van der Waals surface area (Å²) in [6.45, 7) is 9.16. The van der Waals surface area contributed by atoms with Gasteiger partial charge in [-0.05, 0) is 52.9 Å². The van der Waals surface area contributed by atoms with E-state index in [2.05, 4.69) is 5.32 Å². The molecule has 1 N–H and O–H groups in total. The Balaban J connectivity index is 1.73. The minimum Gasteiger partial charge on any atom is -0.444 e. The van der Waals surface area contributed by atoms with E-state index in [1.165, 1.54) is 6.42 Å². The van der Waals surface area contributed by atoms with Crippen molar-refractivity contribution < 1.29 is 14.3 Å². The quantitative estimate of drug-likeness (QED) is 0.859. The van der Waals surface area contributed by atoms with Crippen LogP contribution in [0.3, 0.4) is 0 Å². The van der Waals surface area contributed by atoms with Crippen molar-refractivity contribution in [1.29, 1.82) is 0 Å². The smallest absolute Gasteiger partial charge is 0.410 e. The zero-order valence-corrected chi connectivity index (χ0v) is 14.8. The second-order valence-corrected chi connectivity index (χ2v) is 7.54. The van der Waals surface area contributed by atoms with Crippen LogP contribution >= 0.6 is 0 Å². The van der Waals surface area contributed by atoms with Gasteiger partial charge in [-0.1, -0.05) is 0 Å². The van der Waals surface area contributed by atoms with Crippen molar-refractivity contribution >= 4 is 12.0 Å². The molecule has 1 unspecified atom stereocenters. The molecule has 2 amide bonds. The van der Waals surface area contributed by atoms with Gasteiger partial charge in [0, 0.05) is 32.2 Å². The molecular weight excluding hydrogens is 294 g/mol. The van der Waals surface area contributed by atoms with Crippen molar-refractivity contribution in [3.05, 3.63) is 0 Å². The van der Waals surface area contributed by atoms with Gasteiger partial charge in [0.25, 0.3) is 0 Å². The third-order valence-corrected chi connectivity index (χ3v) is 4.37. The Bertz CT molecular complexity index is 414. The summed E-state index contributed by atoms with van der Waals surface area (Å²) in [7, 11) is 0. The largest absolute Gasteiger partial charge is 0.444 e. The number of rotatable bonds is 4. The van der Waals surface area contributed by atoms with Gasteiger partial charge >= 0.3 is 6.09 Å². The highest BCUT2D eigenvalue weighted by molar-refractivity contribution is 5.78. The van der Waals surface area contributed by atoms with E-state index in [1.54, 1.807) is 4.90 Å². The molecule has 1 atom stereocenters. The first-order chi connectivity index (χ1) is 10.9. The maximum absolute atomic E-state index is 12.2. The zero-order valence-electron chi connectivity index (χ0n) is 14.8. The van der Waals surface area contributed by atoms with Gasteiger partial charge < -0.3 is 19.9 Å². The Labute approximate surface area is 139 Å². The van der Waals surface area contributed by atoms with Crippen molar-refractivity contribution in [1.82, 2.24) is 15.1 Å². The molecule has 0 aromatic rings. The first-order valence-corrected chi connectivity index (χ1v) is 8.85. The molecule has 23 heavy (non-hydrogen) atoms. The van der Waals surface area contributed by atoms with Crippen LogP contribution in [-0.2, 0) is 9.53 Å². The van der Waals surface area contributed by atoms with E-state index in [-0.39, 0.29) is 18.0 Å². The molecule has 2 fully saturated rings. The lowest BCUT2D eigenvalue weighted by molar-refractivity contribution is -0.131. The Kier molecular flexibility index (Phi) is 6.27. The number of likely N-dealkylation sites (tertiary alicyclic amines) is 2. The fraction of sp³-hybridized carbons (Fsp3) is 0.882. The number of hydrogen-bond donors (Lipinski definition) is 1. The number of nitrogens with one attached hydrogen (secondary N) is 1. The average molecular weight is 325 g/mol. The summed E-state index contributed by atoms with van der Waals surface area (Å²) in [6, 6.07) is 0.124. The predicted octanol–water partition coefficient (Wildman–Crippen LogP) is 1.99. The van der Waals surface area contributed by atoms with Crippen LogP contribution in [0, 0.1) is 0 Å². The molecule has 2 aliphatic rings. The highest BCUT2D eigenvalue weighted by atomic mass is 16.6. The molecule has 2 rings (SSSR count). The number of nitrogens with zero attached hydrogens (tertiary/aromatic N) is 2.